The molecule has 0 atom stereocenters. The van der Waals surface area contributed by atoms with Crippen molar-refractivity contribution in [2.75, 3.05) is 6.26 Å². The van der Waals surface area contributed by atoms with Crippen molar-refractivity contribution in [1.29, 1.82) is 0 Å². The SMILES string of the molecule is CSc1nc(C)c(CCC(=O)NCc2ccccc2COCc2ccccc2)c(C)n1. The van der Waals surface area contributed by atoms with Gasteiger partial charge in [0.05, 0.1) is 13.2 Å². The van der Waals surface area contributed by atoms with E-state index in [1.54, 1.807) is 0 Å². The molecule has 0 aliphatic rings. The van der Waals surface area contributed by atoms with Gasteiger partial charge in [0.25, 0.3) is 0 Å². The Morgan fingerprint density at radius 1 is 0.935 bits per heavy atom. The Morgan fingerprint density at radius 3 is 2.26 bits per heavy atom. The minimum Gasteiger partial charge on any atom is -0.372 e. The summed E-state index contributed by atoms with van der Waals surface area (Å²) in [5.41, 5.74) is 6.27. The zero-order valence-corrected chi connectivity index (χ0v) is 19.2. The van der Waals surface area contributed by atoms with Gasteiger partial charge < -0.3 is 10.1 Å². The highest BCUT2D eigenvalue weighted by Gasteiger charge is 2.11. The summed E-state index contributed by atoms with van der Waals surface area (Å²) in [7, 11) is 0. The van der Waals surface area contributed by atoms with E-state index < -0.39 is 0 Å². The number of carbonyl (C=O) groups excluding carboxylic acids is 1. The standard InChI is InChI=1S/C25H29N3O2S/c1-18-23(19(2)28-25(27-18)31-3)13-14-24(29)26-15-21-11-7-8-12-22(21)17-30-16-20-9-5-4-6-10-20/h4-12H,13-17H2,1-3H3,(H,26,29). The van der Waals surface area contributed by atoms with Crippen LogP contribution in [0.4, 0.5) is 0 Å². The molecule has 5 nitrogen and oxygen atoms in total. The van der Waals surface area contributed by atoms with Gasteiger partial charge in [0.2, 0.25) is 5.91 Å². The van der Waals surface area contributed by atoms with E-state index in [0.29, 0.717) is 32.6 Å². The predicted octanol–water partition coefficient (Wildman–Crippen LogP) is 4.78. The molecular formula is C25H29N3O2S. The van der Waals surface area contributed by atoms with Gasteiger partial charge in [0.1, 0.15) is 0 Å². The number of ether oxygens (including phenoxy) is 1. The van der Waals surface area contributed by atoms with Crippen molar-refractivity contribution >= 4 is 17.7 Å². The first-order valence-electron chi connectivity index (χ1n) is 10.4. The zero-order valence-electron chi connectivity index (χ0n) is 18.4. The van der Waals surface area contributed by atoms with Gasteiger partial charge in [-0.3, -0.25) is 4.79 Å². The Kier molecular flexibility index (Phi) is 8.62. The Balaban J connectivity index is 1.50. The predicted molar refractivity (Wildman–Crippen MR) is 125 cm³/mol. The molecule has 0 fully saturated rings. The van der Waals surface area contributed by atoms with Gasteiger partial charge in [-0.15, -0.1) is 0 Å². The molecule has 1 N–H and O–H groups in total. The lowest BCUT2D eigenvalue weighted by Crippen LogP contribution is -2.24. The molecule has 0 radical (unpaired) electrons. The van der Waals surface area contributed by atoms with Crippen molar-refractivity contribution in [2.24, 2.45) is 0 Å². The number of aryl methyl sites for hydroxylation is 2. The van der Waals surface area contributed by atoms with Crippen LogP contribution in [0.1, 0.15) is 40.1 Å². The maximum absolute atomic E-state index is 12.5. The normalized spacial score (nSPS) is 10.8. The summed E-state index contributed by atoms with van der Waals surface area (Å²) in [5, 5.41) is 3.81. The van der Waals surface area contributed by atoms with E-state index in [4.69, 9.17) is 4.74 Å². The lowest BCUT2D eigenvalue weighted by Gasteiger charge is -2.12. The Morgan fingerprint density at radius 2 is 1.58 bits per heavy atom. The first-order valence-corrected chi connectivity index (χ1v) is 11.6. The van der Waals surface area contributed by atoms with Crippen molar-refractivity contribution in [3.8, 4) is 0 Å². The summed E-state index contributed by atoms with van der Waals surface area (Å²) in [6, 6.07) is 18.2. The number of nitrogens with one attached hydrogen (secondary N) is 1. The van der Waals surface area contributed by atoms with Gasteiger partial charge in [0, 0.05) is 24.4 Å². The minimum atomic E-state index is 0.0211. The van der Waals surface area contributed by atoms with Gasteiger partial charge in [-0.05, 0) is 48.8 Å². The van der Waals surface area contributed by atoms with Gasteiger partial charge in [0.15, 0.2) is 5.16 Å². The van der Waals surface area contributed by atoms with Crippen LogP contribution in [-0.4, -0.2) is 22.1 Å². The lowest BCUT2D eigenvalue weighted by atomic mass is 10.1. The first-order chi connectivity index (χ1) is 15.1. The molecule has 31 heavy (non-hydrogen) atoms. The Bertz CT molecular complexity index is 986. The van der Waals surface area contributed by atoms with Crippen LogP contribution in [0.5, 0.6) is 0 Å². The van der Waals surface area contributed by atoms with E-state index in [2.05, 4.69) is 27.4 Å². The Labute approximate surface area is 188 Å². The van der Waals surface area contributed by atoms with Gasteiger partial charge >= 0.3 is 0 Å². The van der Waals surface area contributed by atoms with Crippen LogP contribution in [0.15, 0.2) is 59.8 Å². The van der Waals surface area contributed by atoms with Crippen molar-refractivity contribution in [2.45, 2.75) is 51.6 Å². The van der Waals surface area contributed by atoms with E-state index >= 15 is 0 Å². The van der Waals surface area contributed by atoms with Crippen LogP contribution in [0.25, 0.3) is 0 Å². The molecule has 3 aromatic rings. The number of amides is 1. The number of hydrogen-bond acceptors (Lipinski definition) is 5. The summed E-state index contributed by atoms with van der Waals surface area (Å²) < 4.78 is 5.88. The molecule has 0 bridgehead atoms. The Hall–Kier alpha value is -2.70. The number of nitrogens with zero attached hydrogens (tertiary/aromatic N) is 2. The smallest absolute Gasteiger partial charge is 0.220 e. The molecule has 0 saturated heterocycles. The third-order valence-electron chi connectivity index (χ3n) is 5.15. The highest BCUT2D eigenvalue weighted by molar-refractivity contribution is 7.98. The van der Waals surface area contributed by atoms with E-state index in [1.165, 1.54) is 11.8 Å². The van der Waals surface area contributed by atoms with Crippen LogP contribution < -0.4 is 5.32 Å². The van der Waals surface area contributed by atoms with Crippen LogP contribution in [0.3, 0.4) is 0 Å². The maximum Gasteiger partial charge on any atom is 0.220 e. The molecule has 1 amide bonds. The van der Waals surface area contributed by atoms with Crippen molar-refractivity contribution in [1.82, 2.24) is 15.3 Å². The number of carbonyl (C=O) groups is 1. The topological polar surface area (TPSA) is 64.1 Å². The second-order valence-corrected chi connectivity index (χ2v) is 8.16. The largest absolute Gasteiger partial charge is 0.372 e. The first kappa shape index (κ1) is 23.0. The van der Waals surface area contributed by atoms with E-state index in [-0.39, 0.29) is 5.91 Å². The second kappa shape index (κ2) is 11.6. The van der Waals surface area contributed by atoms with Gasteiger partial charge in [-0.25, -0.2) is 9.97 Å². The average Bonchev–Trinajstić information content (AvgIpc) is 2.78. The van der Waals surface area contributed by atoms with E-state index in [9.17, 15) is 4.79 Å². The van der Waals surface area contributed by atoms with Crippen LogP contribution in [-0.2, 0) is 35.7 Å². The van der Waals surface area contributed by atoms with Crippen molar-refractivity contribution in [3.05, 3.63) is 88.2 Å². The quantitative estimate of drug-likeness (QED) is 0.367. The fourth-order valence-corrected chi connectivity index (χ4v) is 3.86. The maximum atomic E-state index is 12.5. The third kappa shape index (κ3) is 6.91. The average molecular weight is 436 g/mol. The molecule has 1 heterocycles. The molecule has 0 aliphatic carbocycles. The van der Waals surface area contributed by atoms with Crippen molar-refractivity contribution < 1.29 is 9.53 Å². The second-order valence-electron chi connectivity index (χ2n) is 7.38. The van der Waals surface area contributed by atoms with Crippen LogP contribution in [0, 0.1) is 13.8 Å². The lowest BCUT2D eigenvalue weighted by molar-refractivity contribution is -0.121. The number of hydrogen-bond donors (Lipinski definition) is 1. The van der Waals surface area contributed by atoms with Crippen molar-refractivity contribution in [3.63, 3.8) is 0 Å². The number of benzene rings is 2. The number of aromatic nitrogens is 2. The molecule has 0 aliphatic heterocycles. The third-order valence-corrected chi connectivity index (χ3v) is 5.70. The van der Waals surface area contributed by atoms with Crippen LogP contribution in [0.2, 0.25) is 0 Å². The fourth-order valence-electron chi connectivity index (χ4n) is 3.41. The minimum absolute atomic E-state index is 0.0211. The van der Waals surface area contributed by atoms with Crippen LogP contribution >= 0.6 is 11.8 Å². The highest BCUT2D eigenvalue weighted by atomic mass is 32.2. The molecule has 0 saturated carbocycles. The zero-order chi connectivity index (χ0) is 22.1. The molecule has 0 spiro atoms. The highest BCUT2D eigenvalue weighted by Crippen LogP contribution is 2.17. The molecule has 0 unspecified atom stereocenters. The van der Waals surface area contributed by atoms with Gasteiger partial charge in [-0.2, -0.15) is 0 Å². The fraction of sp³-hybridized carbons (Fsp3) is 0.320. The van der Waals surface area contributed by atoms with Gasteiger partial charge in [-0.1, -0.05) is 66.4 Å². The summed E-state index contributed by atoms with van der Waals surface area (Å²) in [4.78, 5) is 21.4. The van der Waals surface area contributed by atoms with E-state index in [0.717, 1.165) is 38.8 Å². The van der Waals surface area contributed by atoms with E-state index in [1.807, 2.05) is 62.6 Å². The molecule has 3 rings (SSSR count). The molecule has 162 valence electrons. The molecule has 1 aromatic heterocycles. The summed E-state index contributed by atoms with van der Waals surface area (Å²) >= 11 is 1.53. The molecular weight excluding hydrogens is 406 g/mol. The molecule has 6 heteroatoms. The summed E-state index contributed by atoms with van der Waals surface area (Å²) in [5.74, 6) is 0.0211. The monoisotopic (exact) mass is 435 g/mol. The molecule has 2 aromatic carbocycles. The number of rotatable bonds is 10. The number of thioether (sulfide) groups is 1. The summed E-state index contributed by atoms with van der Waals surface area (Å²) in [6.45, 7) is 5.53. The summed E-state index contributed by atoms with van der Waals surface area (Å²) in [6.07, 6.45) is 3.02.